The van der Waals surface area contributed by atoms with Gasteiger partial charge in [0.2, 0.25) is 11.6 Å². The maximum atomic E-state index is 12.8. The van der Waals surface area contributed by atoms with Crippen LogP contribution in [0.4, 0.5) is 18.9 Å². The number of hydrogen-bond donors (Lipinski definition) is 1. The van der Waals surface area contributed by atoms with E-state index in [1.165, 1.54) is 6.26 Å². The normalized spacial score (nSPS) is 11.5. The Labute approximate surface area is 127 Å². The van der Waals surface area contributed by atoms with Crippen molar-refractivity contribution in [2.45, 2.75) is 26.2 Å². The van der Waals surface area contributed by atoms with E-state index in [2.05, 4.69) is 10.4 Å². The SMILES string of the molecule is Cc1c([N+](=O)[O-])c(C(F)(F)F)nn1CC(=O)NCc1ccco1. The van der Waals surface area contributed by atoms with E-state index in [0.717, 1.165) is 6.92 Å². The number of nitrogens with one attached hydrogen (secondary N) is 1. The topological polar surface area (TPSA) is 103 Å². The average molecular weight is 332 g/mol. The van der Waals surface area contributed by atoms with Crippen LogP contribution in [0, 0.1) is 17.0 Å². The van der Waals surface area contributed by atoms with Crippen LogP contribution in [-0.4, -0.2) is 20.6 Å². The molecule has 2 heterocycles. The Morgan fingerprint density at radius 2 is 2.22 bits per heavy atom. The number of carbonyl (C=O) groups is 1. The zero-order valence-electron chi connectivity index (χ0n) is 11.8. The van der Waals surface area contributed by atoms with Gasteiger partial charge in [0.1, 0.15) is 18.0 Å². The summed E-state index contributed by atoms with van der Waals surface area (Å²) in [6.07, 6.45) is -3.58. The second kappa shape index (κ2) is 6.10. The molecule has 2 rings (SSSR count). The molecule has 23 heavy (non-hydrogen) atoms. The summed E-state index contributed by atoms with van der Waals surface area (Å²) in [6.45, 7) is 0.560. The van der Waals surface area contributed by atoms with E-state index in [-0.39, 0.29) is 12.2 Å². The highest BCUT2D eigenvalue weighted by Crippen LogP contribution is 2.36. The number of halogens is 3. The Bertz CT molecular complexity index is 721. The van der Waals surface area contributed by atoms with Crippen molar-refractivity contribution in [2.75, 3.05) is 0 Å². The van der Waals surface area contributed by atoms with Crippen molar-refractivity contribution in [3.8, 4) is 0 Å². The van der Waals surface area contributed by atoms with E-state index in [9.17, 15) is 28.1 Å². The van der Waals surface area contributed by atoms with Crippen LogP contribution < -0.4 is 5.32 Å². The molecule has 0 saturated heterocycles. The van der Waals surface area contributed by atoms with E-state index in [0.29, 0.717) is 10.4 Å². The third-order valence-corrected chi connectivity index (χ3v) is 2.96. The molecule has 0 radical (unpaired) electrons. The smallest absolute Gasteiger partial charge is 0.442 e. The van der Waals surface area contributed by atoms with Crippen LogP contribution in [0.5, 0.6) is 0 Å². The number of nitro groups is 1. The highest BCUT2D eigenvalue weighted by Gasteiger charge is 2.44. The number of carbonyl (C=O) groups excluding carboxylic acids is 1. The Morgan fingerprint density at radius 3 is 2.70 bits per heavy atom. The number of alkyl halides is 3. The minimum Gasteiger partial charge on any atom is -0.467 e. The summed E-state index contributed by atoms with van der Waals surface area (Å²) in [6, 6.07) is 3.21. The van der Waals surface area contributed by atoms with Crippen LogP contribution in [0.15, 0.2) is 22.8 Å². The molecule has 0 bridgehead atoms. The molecular formula is C12H11F3N4O4. The first-order valence-electron chi connectivity index (χ1n) is 6.28. The second-order valence-corrected chi connectivity index (χ2v) is 4.55. The van der Waals surface area contributed by atoms with Gasteiger partial charge in [0, 0.05) is 0 Å². The van der Waals surface area contributed by atoms with E-state index >= 15 is 0 Å². The van der Waals surface area contributed by atoms with Crippen molar-refractivity contribution in [2.24, 2.45) is 0 Å². The predicted octanol–water partition coefficient (Wildman–Crippen LogP) is 2.03. The molecule has 0 aromatic carbocycles. The monoisotopic (exact) mass is 332 g/mol. The summed E-state index contributed by atoms with van der Waals surface area (Å²) in [4.78, 5) is 21.4. The fourth-order valence-corrected chi connectivity index (χ4v) is 1.89. The summed E-state index contributed by atoms with van der Waals surface area (Å²) < 4.78 is 44.0. The predicted molar refractivity (Wildman–Crippen MR) is 69.2 cm³/mol. The Hall–Kier alpha value is -2.85. The third-order valence-electron chi connectivity index (χ3n) is 2.96. The van der Waals surface area contributed by atoms with E-state index in [1.54, 1.807) is 12.1 Å². The van der Waals surface area contributed by atoms with E-state index in [4.69, 9.17) is 4.42 Å². The zero-order valence-corrected chi connectivity index (χ0v) is 11.8. The Balaban J connectivity index is 2.16. The largest absolute Gasteiger partial charge is 0.467 e. The molecule has 0 aliphatic heterocycles. The second-order valence-electron chi connectivity index (χ2n) is 4.55. The minimum atomic E-state index is -4.98. The van der Waals surface area contributed by atoms with Crippen LogP contribution in [0.2, 0.25) is 0 Å². The molecule has 0 fully saturated rings. The van der Waals surface area contributed by atoms with Crippen molar-refractivity contribution >= 4 is 11.6 Å². The van der Waals surface area contributed by atoms with Gasteiger partial charge in [0.25, 0.3) is 0 Å². The first-order valence-corrected chi connectivity index (χ1v) is 6.28. The lowest BCUT2D eigenvalue weighted by Crippen LogP contribution is -2.28. The van der Waals surface area contributed by atoms with Gasteiger partial charge in [-0.25, -0.2) is 0 Å². The van der Waals surface area contributed by atoms with Crippen molar-refractivity contribution in [1.82, 2.24) is 15.1 Å². The molecule has 0 aliphatic rings. The van der Waals surface area contributed by atoms with Gasteiger partial charge in [-0.15, -0.1) is 0 Å². The van der Waals surface area contributed by atoms with Gasteiger partial charge < -0.3 is 9.73 Å². The fraction of sp³-hybridized carbons (Fsp3) is 0.333. The molecule has 0 atom stereocenters. The molecule has 8 nitrogen and oxygen atoms in total. The highest BCUT2D eigenvalue weighted by atomic mass is 19.4. The first kappa shape index (κ1) is 16.5. The number of aromatic nitrogens is 2. The molecule has 0 saturated carbocycles. The number of hydrogen-bond acceptors (Lipinski definition) is 5. The summed E-state index contributed by atoms with van der Waals surface area (Å²) in [7, 11) is 0. The first-order chi connectivity index (χ1) is 10.7. The van der Waals surface area contributed by atoms with Crippen molar-refractivity contribution in [3.05, 3.63) is 45.7 Å². The standard InChI is InChI=1S/C12H11F3N4O4/c1-7-10(19(21)22)11(12(13,14)15)17-18(7)6-9(20)16-5-8-3-2-4-23-8/h2-4H,5-6H2,1H3,(H,16,20). The number of furan rings is 1. The average Bonchev–Trinajstić information content (AvgIpc) is 3.04. The number of rotatable bonds is 5. The maximum Gasteiger partial charge on any atom is 0.442 e. The van der Waals surface area contributed by atoms with Gasteiger partial charge in [0.05, 0.1) is 17.7 Å². The van der Waals surface area contributed by atoms with Crippen LogP contribution in [0.1, 0.15) is 17.1 Å². The molecule has 11 heteroatoms. The van der Waals surface area contributed by atoms with Gasteiger partial charge in [-0.1, -0.05) is 0 Å². The number of amides is 1. The molecule has 0 aliphatic carbocycles. The highest BCUT2D eigenvalue weighted by molar-refractivity contribution is 5.75. The van der Waals surface area contributed by atoms with Gasteiger partial charge in [-0.3, -0.25) is 19.6 Å². The molecule has 2 aromatic rings. The van der Waals surface area contributed by atoms with Gasteiger partial charge in [-0.2, -0.15) is 18.3 Å². The Kier molecular flexibility index (Phi) is 4.38. The van der Waals surface area contributed by atoms with Crippen LogP contribution in [0.3, 0.4) is 0 Å². The summed E-state index contributed by atoms with van der Waals surface area (Å²) in [5.74, 6) is -0.201. The number of nitrogens with zero attached hydrogens (tertiary/aromatic N) is 3. The molecular weight excluding hydrogens is 321 g/mol. The van der Waals surface area contributed by atoms with Crippen LogP contribution in [0.25, 0.3) is 0 Å². The van der Waals surface area contributed by atoms with E-state index in [1.807, 2.05) is 0 Å². The van der Waals surface area contributed by atoms with Gasteiger partial charge >= 0.3 is 11.9 Å². The van der Waals surface area contributed by atoms with Gasteiger partial charge in [-0.05, 0) is 19.1 Å². The lowest BCUT2D eigenvalue weighted by Gasteiger charge is -2.05. The van der Waals surface area contributed by atoms with Crippen LogP contribution in [-0.2, 0) is 24.1 Å². The van der Waals surface area contributed by atoms with E-state index < -0.39 is 34.9 Å². The van der Waals surface area contributed by atoms with Crippen molar-refractivity contribution in [1.29, 1.82) is 0 Å². The molecule has 2 aromatic heterocycles. The minimum absolute atomic E-state index is 0.0420. The molecule has 0 unspecified atom stereocenters. The molecule has 124 valence electrons. The molecule has 0 spiro atoms. The summed E-state index contributed by atoms with van der Waals surface area (Å²) in [5, 5.41) is 16.4. The van der Waals surface area contributed by atoms with Crippen LogP contribution >= 0.6 is 0 Å². The molecule has 1 N–H and O–H groups in total. The zero-order chi connectivity index (χ0) is 17.2. The van der Waals surface area contributed by atoms with Crippen molar-refractivity contribution < 1.29 is 27.3 Å². The summed E-state index contributed by atoms with van der Waals surface area (Å²) in [5.41, 5.74) is -3.13. The quantitative estimate of drug-likeness (QED) is 0.666. The van der Waals surface area contributed by atoms with Crippen molar-refractivity contribution in [3.63, 3.8) is 0 Å². The van der Waals surface area contributed by atoms with Gasteiger partial charge in [0.15, 0.2) is 0 Å². The fourth-order valence-electron chi connectivity index (χ4n) is 1.89. The Morgan fingerprint density at radius 1 is 1.52 bits per heavy atom. The lowest BCUT2D eigenvalue weighted by molar-refractivity contribution is -0.388. The maximum absolute atomic E-state index is 12.8. The lowest BCUT2D eigenvalue weighted by atomic mass is 10.3. The molecule has 1 amide bonds. The third kappa shape index (κ3) is 3.67. The summed E-state index contributed by atoms with van der Waals surface area (Å²) >= 11 is 0.